The Bertz CT molecular complexity index is 1260. The molecule has 40 heavy (non-hydrogen) atoms. The number of likely N-dealkylation sites (tertiary alicyclic amines) is 1. The van der Waals surface area contributed by atoms with E-state index in [0.717, 1.165) is 54.9 Å². The Kier molecular flexibility index (Phi) is 10.8. The zero-order valence-electron chi connectivity index (χ0n) is 22.6. The van der Waals surface area contributed by atoms with E-state index in [1.165, 1.54) is 0 Å². The smallest absolute Gasteiger partial charge is 0.411 e. The van der Waals surface area contributed by atoms with Crippen LogP contribution in [0.4, 0.5) is 10.5 Å². The number of amides is 2. The zero-order valence-corrected chi connectivity index (χ0v) is 22.6. The third-order valence-corrected chi connectivity index (χ3v) is 6.85. The topological polar surface area (TPSA) is 126 Å². The lowest BCUT2D eigenvalue weighted by molar-refractivity contribution is -0.117. The number of nitrogens with two attached hydrogens (primary N) is 1. The SMILES string of the molecule is NC(=O)CNCc1ccc(C(=O)CNCCN2CCC(OC(=O)Nc3ccccc3-c3ccccc3)CC2)cc1. The molecule has 0 radical (unpaired) electrons. The predicted molar refractivity (Wildman–Crippen MR) is 156 cm³/mol. The van der Waals surface area contributed by atoms with Crippen molar-refractivity contribution in [3.05, 3.63) is 90.0 Å². The maximum atomic E-state index is 12.6. The van der Waals surface area contributed by atoms with E-state index in [1.54, 1.807) is 12.1 Å². The van der Waals surface area contributed by atoms with Crippen LogP contribution in [0.3, 0.4) is 0 Å². The summed E-state index contributed by atoms with van der Waals surface area (Å²) in [5.41, 5.74) is 9.45. The zero-order chi connectivity index (χ0) is 28.2. The number of hydrogen-bond donors (Lipinski definition) is 4. The first kappa shape index (κ1) is 28.9. The van der Waals surface area contributed by atoms with Gasteiger partial charge in [0.15, 0.2) is 5.78 Å². The molecule has 5 N–H and O–H groups in total. The third kappa shape index (κ3) is 9.01. The molecule has 0 aliphatic carbocycles. The van der Waals surface area contributed by atoms with Crippen LogP contribution in [0.25, 0.3) is 11.1 Å². The monoisotopic (exact) mass is 543 g/mol. The average Bonchev–Trinajstić information content (AvgIpc) is 2.97. The van der Waals surface area contributed by atoms with Gasteiger partial charge in [0, 0.05) is 43.9 Å². The van der Waals surface area contributed by atoms with E-state index in [9.17, 15) is 14.4 Å². The Labute approximate surface area is 235 Å². The van der Waals surface area contributed by atoms with E-state index in [4.69, 9.17) is 10.5 Å². The number of anilines is 1. The molecule has 9 nitrogen and oxygen atoms in total. The number of nitrogens with one attached hydrogen (secondary N) is 3. The van der Waals surface area contributed by atoms with Gasteiger partial charge in [0.1, 0.15) is 6.10 Å². The summed E-state index contributed by atoms with van der Waals surface area (Å²) < 4.78 is 5.72. The van der Waals surface area contributed by atoms with Crippen molar-refractivity contribution in [3.63, 3.8) is 0 Å². The Morgan fingerprint density at radius 2 is 1.55 bits per heavy atom. The molecular weight excluding hydrogens is 506 g/mol. The van der Waals surface area contributed by atoms with E-state index in [2.05, 4.69) is 20.9 Å². The molecular formula is C31H37N5O4. The minimum atomic E-state index is -0.433. The van der Waals surface area contributed by atoms with Gasteiger partial charge >= 0.3 is 6.09 Å². The quantitative estimate of drug-likeness (QED) is 0.192. The van der Waals surface area contributed by atoms with Gasteiger partial charge < -0.3 is 26.0 Å². The van der Waals surface area contributed by atoms with Crippen molar-refractivity contribution >= 4 is 23.5 Å². The largest absolute Gasteiger partial charge is 0.446 e. The van der Waals surface area contributed by atoms with E-state index in [0.29, 0.717) is 18.7 Å². The third-order valence-electron chi connectivity index (χ3n) is 6.85. The van der Waals surface area contributed by atoms with E-state index < -0.39 is 12.0 Å². The number of carbonyl (C=O) groups is 3. The summed E-state index contributed by atoms with van der Waals surface area (Å²) >= 11 is 0. The van der Waals surface area contributed by atoms with Crippen LogP contribution in [0.15, 0.2) is 78.9 Å². The van der Waals surface area contributed by atoms with Crippen LogP contribution in [0.2, 0.25) is 0 Å². The Hall–Kier alpha value is -4.05. The van der Waals surface area contributed by atoms with Gasteiger partial charge in [-0.05, 0) is 30.0 Å². The van der Waals surface area contributed by atoms with Gasteiger partial charge in [-0.1, -0.05) is 72.8 Å². The first-order chi connectivity index (χ1) is 19.5. The molecule has 1 heterocycles. The van der Waals surface area contributed by atoms with Crippen molar-refractivity contribution in [2.24, 2.45) is 5.73 Å². The lowest BCUT2D eigenvalue weighted by Gasteiger charge is -2.31. The average molecular weight is 544 g/mol. The molecule has 210 valence electrons. The number of rotatable bonds is 13. The second kappa shape index (κ2) is 14.9. The highest BCUT2D eigenvalue weighted by atomic mass is 16.6. The van der Waals surface area contributed by atoms with Crippen LogP contribution in [0.5, 0.6) is 0 Å². The van der Waals surface area contributed by atoms with Crippen molar-refractivity contribution in [1.29, 1.82) is 0 Å². The highest BCUT2D eigenvalue weighted by Crippen LogP contribution is 2.28. The number of para-hydroxylation sites is 1. The molecule has 1 fully saturated rings. The maximum Gasteiger partial charge on any atom is 0.411 e. The van der Waals surface area contributed by atoms with Gasteiger partial charge in [-0.3, -0.25) is 14.9 Å². The summed E-state index contributed by atoms with van der Waals surface area (Å²) in [4.78, 5) is 38.2. The van der Waals surface area contributed by atoms with Crippen LogP contribution in [-0.2, 0) is 16.1 Å². The van der Waals surface area contributed by atoms with E-state index in [1.807, 2.05) is 66.7 Å². The molecule has 3 aromatic rings. The molecule has 0 atom stereocenters. The van der Waals surface area contributed by atoms with Crippen molar-refractivity contribution in [2.45, 2.75) is 25.5 Å². The molecule has 0 aromatic heterocycles. The molecule has 0 bridgehead atoms. The summed E-state index contributed by atoms with van der Waals surface area (Å²) in [6.45, 7) is 4.09. The summed E-state index contributed by atoms with van der Waals surface area (Å²) in [7, 11) is 0. The predicted octanol–water partition coefficient (Wildman–Crippen LogP) is 3.41. The molecule has 0 saturated carbocycles. The minimum absolute atomic E-state index is 0.0311. The van der Waals surface area contributed by atoms with Crippen molar-refractivity contribution in [3.8, 4) is 11.1 Å². The highest BCUT2D eigenvalue weighted by molar-refractivity contribution is 5.97. The highest BCUT2D eigenvalue weighted by Gasteiger charge is 2.22. The number of nitrogens with zero attached hydrogens (tertiary/aromatic N) is 1. The number of benzene rings is 3. The molecule has 4 rings (SSSR count). The van der Waals surface area contributed by atoms with E-state index >= 15 is 0 Å². The van der Waals surface area contributed by atoms with Gasteiger partial charge in [-0.25, -0.2) is 4.79 Å². The van der Waals surface area contributed by atoms with Crippen LogP contribution in [0, 0.1) is 0 Å². The molecule has 9 heteroatoms. The second-order valence-corrected chi connectivity index (χ2v) is 9.85. The molecule has 2 amide bonds. The lowest BCUT2D eigenvalue weighted by atomic mass is 10.0. The number of ether oxygens (including phenoxy) is 1. The first-order valence-electron chi connectivity index (χ1n) is 13.6. The van der Waals surface area contributed by atoms with Gasteiger partial charge in [-0.15, -0.1) is 0 Å². The number of carbonyl (C=O) groups excluding carboxylic acids is 3. The molecule has 1 aliphatic heterocycles. The van der Waals surface area contributed by atoms with Crippen molar-refractivity contribution < 1.29 is 19.1 Å². The maximum absolute atomic E-state index is 12.6. The van der Waals surface area contributed by atoms with Crippen molar-refractivity contribution in [1.82, 2.24) is 15.5 Å². The molecule has 0 unspecified atom stereocenters. The summed E-state index contributed by atoms with van der Waals surface area (Å²) in [5.74, 6) is -0.372. The number of ketones is 1. The van der Waals surface area contributed by atoms with Crippen LogP contribution < -0.4 is 21.7 Å². The first-order valence-corrected chi connectivity index (χ1v) is 13.6. The number of hydrogen-bond acceptors (Lipinski definition) is 7. The Morgan fingerprint density at radius 1 is 0.850 bits per heavy atom. The van der Waals surface area contributed by atoms with Crippen LogP contribution >= 0.6 is 0 Å². The number of piperidine rings is 1. The van der Waals surface area contributed by atoms with Crippen LogP contribution in [-0.4, -0.2) is 68.1 Å². The number of Topliss-reactive ketones (excluding diaryl/α,β-unsaturated/α-hetero) is 1. The van der Waals surface area contributed by atoms with Gasteiger partial charge in [0.05, 0.1) is 18.8 Å². The molecule has 1 aliphatic rings. The summed E-state index contributed by atoms with van der Waals surface area (Å²) in [6, 6.07) is 25.0. The standard InChI is InChI=1S/C31H37N5O4/c32-30(38)22-34-20-23-10-12-25(13-11-23)29(37)21-33-16-19-36-17-14-26(15-18-36)40-31(39)35-28-9-5-4-8-27(28)24-6-2-1-3-7-24/h1-13,26,33-34H,14-22H2,(H2,32,38)(H,35,39). The Balaban J connectivity index is 1.12. The fraction of sp³-hybridized carbons (Fsp3) is 0.323. The summed E-state index contributed by atoms with van der Waals surface area (Å²) in [5, 5.41) is 9.09. The fourth-order valence-corrected chi connectivity index (χ4v) is 4.68. The van der Waals surface area contributed by atoms with Gasteiger partial charge in [0.25, 0.3) is 0 Å². The van der Waals surface area contributed by atoms with Crippen LogP contribution in [0.1, 0.15) is 28.8 Å². The minimum Gasteiger partial charge on any atom is -0.446 e. The number of primary amides is 1. The normalized spacial score (nSPS) is 14.0. The summed E-state index contributed by atoms with van der Waals surface area (Å²) in [6.07, 6.45) is 0.987. The van der Waals surface area contributed by atoms with Gasteiger partial charge in [0.2, 0.25) is 5.91 Å². The van der Waals surface area contributed by atoms with Gasteiger partial charge in [-0.2, -0.15) is 0 Å². The van der Waals surface area contributed by atoms with Crippen molar-refractivity contribution in [2.75, 3.05) is 44.6 Å². The lowest BCUT2D eigenvalue weighted by Crippen LogP contribution is -2.42. The fourth-order valence-electron chi connectivity index (χ4n) is 4.68. The molecule has 0 spiro atoms. The Morgan fingerprint density at radius 3 is 2.27 bits per heavy atom. The molecule has 1 saturated heterocycles. The molecule has 3 aromatic carbocycles. The van der Waals surface area contributed by atoms with E-state index in [-0.39, 0.29) is 25.0 Å². The second-order valence-electron chi connectivity index (χ2n) is 9.85.